The second-order valence-corrected chi connectivity index (χ2v) is 6.50. The molecule has 0 aromatic rings. The molecule has 1 heterocycles. The van der Waals surface area contributed by atoms with Gasteiger partial charge >= 0.3 is 12.1 Å². The van der Waals surface area contributed by atoms with Crippen molar-refractivity contribution in [2.75, 3.05) is 13.2 Å². The molecule has 0 N–H and O–H groups in total. The zero-order valence-corrected chi connectivity index (χ0v) is 13.7. The van der Waals surface area contributed by atoms with Gasteiger partial charge in [-0.2, -0.15) is 0 Å². The van der Waals surface area contributed by atoms with E-state index in [0.29, 0.717) is 6.42 Å². The van der Waals surface area contributed by atoms with Crippen LogP contribution < -0.4 is 0 Å². The summed E-state index contributed by atoms with van der Waals surface area (Å²) >= 11 is 0. The van der Waals surface area contributed by atoms with E-state index in [-0.39, 0.29) is 31.8 Å². The highest BCUT2D eigenvalue weighted by Gasteiger charge is 2.43. The summed E-state index contributed by atoms with van der Waals surface area (Å²) in [7, 11) is 0. The molecule has 1 rings (SSSR count). The number of hydrogen-bond donors (Lipinski definition) is 0. The number of esters is 1. The van der Waals surface area contributed by atoms with Crippen molar-refractivity contribution in [1.82, 2.24) is 4.90 Å². The number of carbonyl (C=O) groups is 2. The van der Waals surface area contributed by atoms with Crippen LogP contribution in [0, 0.1) is 0 Å². The van der Waals surface area contributed by atoms with E-state index >= 15 is 0 Å². The standard InChI is InChI=1S/C15H25F2NO4/c1-5-21-12(19)7-6-11-8-9-15(16,17)10-18(11)13(20)22-14(2,3)4/h11H,5-10H2,1-4H3/t11-/m1/s1. The molecule has 1 amide bonds. The van der Waals surface area contributed by atoms with Crippen molar-refractivity contribution in [1.29, 1.82) is 0 Å². The number of amides is 1. The molecule has 22 heavy (non-hydrogen) atoms. The summed E-state index contributed by atoms with van der Waals surface area (Å²) in [5.41, 5.74) is -0.754. The molecule has 1 atom stereocenters. The number of piperidine rings is 1. The lowest BCUT2D eigenvalue weighted by molar-refractivity contribution is -0.144. The van der Waals surface area contributed by atoms with E-state index in [1.54, 1.807) is 27.7 Å². The van der Waals surface area contributed by atoms with E-state index in [1.807, 2.05) is 0 Å². The zero-order valence-electron chi connectivity index (χ0n) is 13.7. The van der Waals surface area contributed by atoms with Gasteiger partial charge in [0.2, 0.25) is 0 Å². The number of rotatable bonds is 4. The monoisotopic (exact) mass is 321 g/mol. The number of nitrogens with zero attached hydrogens (tertiary/aromatic N) is 1. The van der Waals surface area contributed by atoms with Crippen LogP contribution in [0.25, 0.3) is 0 Å². The van der Waals surface area contributed by atoms with Crippen LogP contribution in [0.3, 0.4) is 0 Å². The average Bonchev–Trinajstić information content (AvgIpc) is 2.34. The Hall–Kier alpha value is -1.40. The van der Waals surface area contributed by atoms with Gasteiger partial charge in [0.25, 0.3) is 5.92 Å². The molecule has 0 radical (unpaired) electrons. The summed E-state index contributed by atoms with van der Waals surface area (Å²) < 4.78 is 37.2. The predicted molar refractivity (Wildman–Crippen MR) is 76.8 cm³/mol. The quantitative estimate of drug-likeness (QED) is 0.745. The number of alkyl halides is 2. The van der Waals surface area contributed by atoms with Gasteiger partial charge in [-0.1, -0.05) is 0 Å². The molecule has 1 saturated heterocycles. The molecule has 1 aliphatic rings. The number of halogens is 2. The molecule has 0 spiro atoms. The number of ether oxygens (including phenoxy) is 2. The number of hydrogen-bond acceptors (Lipinski definition) is 4. The lowest BCUT2D eigenvalue weighted by Gasteiger charge is -2.39. The first-order chi connectivity index (χ1) is 10.0. The van der Waals surface area contributed by atoms with Crippen molar-refractivity contribution in [3.8, 4) is 0 Å². The Morgan fingerprint density at radius 3 is 2.50 bits per heavy atom. The van der Waals surface area contributed by atoms with Crippen LogP contribution in [0.4, 0.5) is 13.6 Å². The van der Waals surface area contributed by atoms with Gasteiger partial charge in [0.05, 0.1) is 13.2 Å². The second kappa shape index (κ2) is 7.24. The van der Waals surface area contributed by atoms with Gasteiger partial charge < -0.3 is 9.47 Å². The Balaban J connectivity index is 2.71. The van der Waals surface area contributed by atoms with Gasteiger partial charge in [0.1, 0.15) is 5.60 Å². The number of likely N-dealkylation sites (tertiary alicyclic amines) is 1. The van der Waals surface area contributed by atoms with Crippen molar-refractivity contribution in [2.45, 2.75) is 70.9 Å². The Morgan fingerprint density at radius 1 is 1.32 bits per heavy atom. The average molecular weight is 321 g/mol. The molecule has 1 fully saturated rings. The van der Waals surface area contributed by atoms with Gasteiger partial charge in [0, 0.05) is 18.9 Å². The highest BCUT2D eigenvalue weighted by Crippen LogP contribution is 2.33. The van der Waals surface area contributed by atoms with Crippen molar-refractivity contribution in [2.24, 2.45) is 0 Å². The lowest BCUT2D eigenvalue weighted by atomic mass is 9.96. The molecule has 0 unspecified atom stereocenters. The highest BCUT2D eigenvalue weighted by molar-refractivity contribution is 5.70. The summed E-state index contributed by atoms with van der Waals surface area (Å²) in [6, 6.07) is -0.432. The van der Waals surface area contributed by atoms with Crippen LogP contribution in [0.2, 0.25) is 0 Å². The fraction of sp³-hybridized carbons (Fsp3) is 0.867. The SMILES string of the molecule is CCOC(=O)CC[C@@H]1CCC(F)(F)CN1C(=O)OC(C)(C)C. The smallest absolute Gasteiger partial charge is 0.410 e. The first kappa shape index (κ1) is 18.6. The van der Waals surface area contributed by atoms with Crippen LogP contribution in [-0.2, 0) is 14.3 Å². The Bertz CT molecular complexity index is 407. The molecule has 128 valence electrons. The minimum absolute atomic E-state index is 0.101. The summed E-state index contributed by atoms with van der Waals surface area (Å²) in [6.45, 7) is 6.35. The fourth-order valence-corrected chi connectivity index (χ4v) is 2.34. The summed E-state index contributed by atoms with van der Waals surface area (Å²) in [5.74, 6) is -3.30. The van der Waals surface area contributed by atoms with Crippen molar-refractivity contribution in [3.63, 3.8) is 0 Å². The molecule has 0 bridgehead atoms. The zero-order chi connectivity index (χ0) is 17.0. The number of carbonyl (C=O) groups excluding carboxylic acids is 2. The van der Waals surface area contributed by atoms with Crippen LogP contribution in [0.1, 0.15) is 53.4 Å². The highest BCUT2D eigenvalue weighted by atomic mass is 19.3. The Morgan fingerprint density at radius 2 is 1.95 bits per heavy atom. The van der Waals surface area contributed by atoms with E-state index in [2.05, 4.69) is 0 Å². The molecule has 0 aliphatic carbocycles. The van der Waals surface area contributed by atoms with E-state index in [1.165, 1.54) is 0 Å². The maximum Gasteiger partial charge on any atom is 0.410 e. The van der Waals surface area contributed by atoms with Crippen molar-refractivity contribution >= 4 is 12.1 Å². The van der Waals surface area contributed by atoms with Gasteiger partial charge in [-0.05, 0) is 40.5 Å². The summed E-state index contributed by atoms with van der Waals surface area (Å²) in [6.07, 6.45) is -0.510. The summed E-state index contributed by atoms with van der Waals surface area (Å²) in [4.78, 5) is 24.6. The molecular weight excluding hydrogens is 296 g/mol. The van der Waals surface area contributed by atoms with E-state index in [0.717, 1.165) is 4.90 Å². The second-order valence-electron chi connectivity index (χ2n) is 6.50. The molecule has 0 aromatic heterocycles. The fourth-order valence-electron chi connectivity index (χ4n) is 2.34. The third-order valence-electron chi connectivity index (χ3n) is 3.30. The lowest BCUT2D eigenvalue weighted by Crippen LogP contribution is -2.52. The first-order valence-electron chi connectivity index (χ1n) is 7.57. The van der Waals surface area contributed by atoms with Crippen molar-refractivity contribution < 1.29 is 27.8 Å². The molecule has 0 saturated carbocycles. The predicted octanol–water partition coefficient (Wildman–Crippen LogP) is 3.36. The van der Waals surface area contributed by atoms with Gasteiger partial charge in [-0.25, -0.2) is 13.6 Å². The largest absolute Gasteiger partial charge is 0.466 e. The van der Waals surface area contributed by atoms with E-state index in [4.69, 9.17) is 9.47 Å². The van der Waals surface area contributed by atoms with E-state index in [9.17, 15) is 18.4 Å². The molecule has 1 aliphatic heterocycles. The van der Waals surface area contributed by atoms with Crippen LogP contribution in [0.15, 0.2) is 0 Å². The maximum absolute atomic E-state index is 13.6. The Kier molecular flexibility index (Phi) is 6.14. The summed E-state index contributed by atoms with van der Waals surface area (Å²) in [5, 5.41) is 0. The van der Waals surface area contributed by atoms with Crippen LogP contribution in [-0.4, -0.2) is 47.7 Å². The van der Waals surface area contributed by atoms with Crippen LogP contribution in [0.5, 0.6) is 0 Å². The third kappa shape index (κ3) is 6.15. The van der Waals surface area contributed by atoms with Gasteiger partial charge in [0.15, 0.2) is 0 Å². The molecular formula is C15H25F2NO4. The Labute approximate surface area is 129 Å². The first-order valence-corrected chi connectivity index (χ1v) is 7.57. The molecule has 7 heteroatoms. The maximum atomic E-state index is 13.6. The minimum Gasteiger partial charge on any atom is -0.466 e. The minimum atomic E-state index is -2.92. The third-order valence-corrected chi connectivity index (χ3v) is 3.30. The van der Waals surface area contributed by atoms with Gasteiger partial charge in [-0.3, -0.25) is 9.69 Å². The van der Waals surface area contributed by atoms with Gasteiger partial charge in [-0.15, -0.1) is 0 Å². The van der Waals surface area contributed by atoms with Crippen LogP contribution >= 0.6 is 0 Å². The topological polar surface area (TPSA) is 55.8 Å². The normalized spacial score (nSPS) is 21.4. The van der Waals surface area contributed by atoms with Crippen molar-refractivity contribution in [3.05, 3.63) is 0 Å². The molecule has 0 aromatic carbocycles. The van der Waals surface area contributed by atoms with E-state index < -0.39 is 30.2 Å². The molecule has 5 nitrogen and oxygen atoms in total.